The van der Waals surface area contributed by atoms with E-state index in [2.05, 4.69) is 207 Å². The van der Waals surface area contributed by atoms with Crippen molar-refractivity contribution in [2.75, 3.05) is 4.90 Å². The first-order valence-corrected chi connectivity index (χ1v) is 19.7. The summed E-state index contributed by atoms with van der Waals surface area (Å²) in [5.41, 5.74) is 21.9. The van der Waals surface area contributed by atoms with Crippen LogP contribution in [0.25, 0.3) is 22.3 Å². The summed E-state index contributed by atoms with van der Waals surface area (Å²) in [6.45, 7) is 24.9. The molecule has 0 amide bonds. The van der Waals surface area contributed by atoms with Crippen LogP contribution in [0, 0.1) is 20.8 Å². The van der Waals surface area contributed by atoms with Crippen LogP contribution < -0.4 is 4.90 Å². The van der Waals surface area contributed by atoms with Gasteiger partial charge in [-0.15, -0.1) is 0 Å². The predicted molar refractivity (Wildman–Crippen MR) is 236 cm³/mol. The quantitative estimate of drug-likeness (QED) is 0.112. The first-order chi connectivity index (χ1) is 26.3. The first kappa shape index (κ1) is 36.3. The van der Waals surface area contributed by atoms with E-state index in [9.17, 15) is 0 Å². The first-order valence-electron chi connectivity index (χ1n) is 19.7. The number of nitrogens with zero attached hydrogens (tertiary/aromatic N) is 1. The highest BCUT2D eigenvalue weighted by Crippen LogP contribution is 2.58. The zero-order valence-corrected chi connectivity index (χ0v) is 34.0. The minimum absolute atomic E-state index is 0.170. The summed E-state index contributed by atoms with van der Waals surface area (Å²) >= 11 is 0. The fourth-order valence-corrected chi connectivity index (χ4v) is 9.59. The van der Waals surface area contributed by atoms with E-state index in [1.807, 2.05) is 12.2 Å². The molecule has 0 heterocycles. The van der Waals surface area contributed by atoms with Crippen LogP contribution in [0.3, 0.4) is 0 Å². The fraction of sp³-hybridized carbons (Fsp3) is 0.222. The molecule has 0 saturated carbocycles. The highest BCUT2D eigenvalue weighted by molar-refractivity contribution is 5.93. The van der Waals surface area contributed by atoms with Crippen molar-refractivity contribution in [1.82, 2.24) is 0 Å². The Morgan fingerprint density at radius 1 is 0.582 bits per heavy atom. The summed E-state index contributed by atoms with van der Waals surface area (Å²) in [6.07, 6.45) is 8.24. The molecule has 0 radical (unpaired) electrons. The highest BCUT2D eigenvalue weighted by atomic mass is 15.1. The lowest BCUT2D eigenvalue weighted by Crippen LogP contribution is -2.26. The third-order valence-electron chi connectivity index (χ3n) is 12.7. The smallest absolute Gasteiger partial charge is 0.0461 e. The van der Waals surface area contributed by atoms with Gasteiger partial charge in [0.2, 0.25) is 0 Å². The van der Waals surface area contributed by atoms with Crippen molar-refractivity contribution in [1.29, 1.82) is 0 Å². The molecule has 0 N–H and O–H groups in total. The van der Waals surface area contributed by atoms with E-state index in [-0.39, 0.29) is 16.2 Å². The van der Waals surface area contributed by atoms with Crippen molar-refractivity contribution in [3.8, 4) is 22.3 Å². The van der Waals surface area contributed by atoms with Crippen LogP contribution in [0.4, 0.5) is 11.4 Å². The van der Waals surface area contributed by atoms with E-state index in [4.69, 9.17) is 0 Å². The number of hydrogen-bond donors (Lipinski definition) is 0. The van der Waals surface area contributed by atoms with Gasteiger partial charge in [-0.2, -0.15) is 0 Å². The molecule has 8 rings (SSSR count). The Morgan fingerprint density at radius 2 is 1.15 bits per heavy atom. The molecule has 1 nitrogen and oxygen atoms in total. The van der Waals surface area contributed by atoms with Crippen LogP contribution in [0.1, 0.15) is 97.2 Å². The van der Waals surface area contributed by atoms with E-state index in [1.165, 1.54) is 83.6 Å². The van der Waals surface area contributed by atoms with Gasteiger partial charge in [0.05, 0.1) is 0 Å². The lowest BCUT2D eigenvalue weighted by Gasteiger charge is -2.34. The second-order valence-corrected chi connectivity index (χ2v) is 17.1. The Labute approximate surface area is 329 Å². The minimum atomic E-state index is -0.307. The van der Waals surface area contributed by atoms with Gasteiger partial charge in [-0.25, -0.2) is 0 Å². The Morgan fingerprint density at radius 3 is 1.75 bits per heavy atom. The summed E-state index contributed by atoms with van der Waals surface area (Å²) in [6, 6.07) is 45.7. The molecular formula is C54H53N. The van der Waals surface area contributed by atoms with Gasteiger partial charge in [-0.1, -0.05) is 137 Å². The summed E-state index contributed by atoms with van der Waals surface area (Å²) in [5, 5.41) is 0. The monoisotopic (exact) mass is 715 g/mol. The average Bonchev–Trinajstić information content (AvgIpc) is 3.54. The zero-order valence-electron chi connectivity index (χ0n) is 34.0. The van der Waals surface area contributed by atoms with Gasteiger partial charge in [0.25, 0.3) is 0 Å². The van der Waals surface area contributed by atoms with Gasteiger partial charge in [-0.05, 0) is 155 Å². The minimum Gasteiger partial charge on any atom is -0.317 e. The molecule has 2 aliphatic carbocycles. The topological polar surface area (TPSA) is 3.24 Å². The van der Waals surface area contributed by atoms with Crippen LogP contribution in [-0.4, -0.2) is 0 Å². The summed E-state index contributed by atoms with van der Waals surface area (Å²) in [5.74, 6) is 0. The molecular weight excluding hydrogens is 663 g/mol. The molecule has 6 aromatic carbocycles. The van der Waals surface area contributed by atoms with Gasteiger partial charge >= 0.3 is 0 Å². The number of rotatable bonds is 8. The standard InChI is InChI=1S/C54H53N/c1-11-19-35(2)26-27-55(42-24-16-13-17-25-42)43-30-38(5)51-45-34-46-44(33-47(45)53(8,9)49(51)32-43)50-37(4)29-41(31-48(50)52(46,6)7)54(10,39-21-14-12-15-22-39)40-23-18-20-36(3)28-40/h11-34H,1H2,2-10H3. The molecule has 0 spiro atoms. The number of fused-ring (bicyclic) bond motifs is 6. The lowest BCUT2D eigenvalue weighted by atomic mass is 9.69. The number of allylic oxidation sites excluding steroid dienone is 4. The van der Waals surface area contributed by atoms with Crippen LogP contribution in [0.2, 0.25) is 0 Å². The van der Waals surface area contributed by atoms with E-state index in [1.54, 1.807) is 0 Å². The molecule has 0 aliphatic heterocycles. The maximum Gasteiger partial charge on any atom is 0.0461 e. The molecule has 2 aliphatic rings. The molecule has 1 heteroatoms. The predicted octanol–water partition coefficient (Wildman–Crippen LogP) is 14.4. The Bertz CT molecular complexity index is 2540. The molecule has 1 unspecified atom stereocenters. The lowest BCUT2D eigenvalue weighted by molar-refractivity contribution is 0.644. The van der Waals surface area contributed by atoms with E-state index in [0.717, 1.165) is 11.3 Å². The Kier molecular flexibility index (Phi) is 8.77. The molecule has 274 valence electrons. The van der Waals surface area contributed by atoms with E-state index >= 15 is 0 Å². The van der Waals surface area contributed by atoms with E-state index < -0.39 is 0 Å². The average molecular weight is 716 g/mol. The number of hydrogen-bond acceptors (Lipinski definition) is 1. The maximum absolute atomic E-state index is 3.89. The molecule has 55 heavy (non-hydrogen) atoms. The summed E-state index contributed by atoms with van der Waals surface area (Å²) in [4.78, 5) is 2.31. The number of para-hydroxylation sites is 1. The number of anilines is 2. The van der Waals surface area contributed by atoms with E-state index in [0.29, 0.717) is 0 Å². The highest BCUT2D eigenvalue weighted by Gasteiger charge is 2.44. The largest absolute Gasteiger partial charge is 0.317 e. The van der Waals surface area contributed by atoms with Gasteiger partial charge in [0.15, 0.2) is 0 Å². The number of benzene rings is 6. The second-order valence-electron chi connectivity index (χ2n) is 17.1. The van der Waals surface area contributed by atoms with Crippen LogP contribution in [0.15, 0.2) is 158 Å². The van der Waals surface area contributed by atoms with Gasteiger partial charge in [0, 0.05) is 33.8 Å². The van der Waals surface area contributed by atoms with Crippen LogP contribution in [-0.2, 0) is 16.2 Å². The molecule has 6 aromatic rings. The molecule has 0 saturated heterocycles. The SMILES string of the molecule is C=CC=C(C)C=CN(c1ccccc1)c1cc(C)c2c(c1)C(C)(C)c1cc3c(cc1-2)C(C)(C)c1cc(C(C)(c2ccccc2)c2cccc(C)c2)cc(C)c1-3. The zero-order chi connectivity index (χ0) is 38.9. The van der Waals surface area contributed by atoms with Crippen molar-refractivity contribution >= 4 is 11.4 Å². The van der Waals surface area contributed by atoms with Crippen molar-refractivity contribution in [3.05, 3.63) is 214 Å². The normalized spacial score (nSPS) is 15.9. The fourth-order valence-electron chi connectivity index (χ4n) is 9.59. The maximum atomic E-state index is 3.89. The third kappa shape index (κ3) is 5.75. The second kappa shape index (κ2) is 13.3. The van der Waals surface area contributed by atoms with Gasteiger partial charge in [0.1, 0.15) is 0 Å². The van der Waals surface area contributed by atoms with Crippen LogP contribution >= 0.6 is 0 Å². The Balaban J connectivity index is 1.27. The summed E-state index contributed by atoms with van der Waals surface area (Å²) < 4.78 is 0. The number of aryl methyl sites for hydroxylation is 3. The van der Waals surface area contributed by atoms with Gasteiger partial charge < -0.3 is 4.90 Å². The molecule has 0 fully saturated rings. The molecule has 1 atom stereocenters. The third-order valence-corrected chi connectivity index (χ3v) is 12.7. The van der Waals surface area contributed by atoms with Crippen molar-refractivity contribution < 1.29 is 0 Å². The van der Waals surface area contributed by atoms with Crippen molar-refractivity contribution in [3.63, 3.8) is 0 Å². The summed E-state index contributed by atoms with van der Waals surface area (Å²) in [7, 11) is 0. The van der Waals surface area contributed by atoms with Crippen LogP contribution in [0.5, 0.6) is 0 Å². The Hall–Kier alpha value is -5.66. The molecule has 0 bridgehead atoms. The molecule has 0 aromatic heterocycles. The van der Waals surface area contributed by atoms with Gasteiger partial charge in [-0.3, -0.25) is 0 Å². The van der Waals surface area contributed by atoms with Crippen molar-refractivity contribution in [2.45, 2.75) is 78.6 Å². The van der Waals surface area contributed by atoms with Crippen molar-refractivity contribution in [2.24, 2.45) is 0 Å².